The van der Waals surface area contributed by atoms with E-state index in [1.54, 1.807) is 7.11 Å². The Kier molecular flexibility index (Phi) is 5.28. The van der Waals surface area contributed by atoms with Crippen molar-refractivity contribution >= 4 is 0 Å². The molecule has 3 heteroatoms. The fourth-order valence-electron chi connectivity index (χ4n) is 3.51. The Morgan fingerprint density at radius 2 is 1.95 bits per heavy atom. The van der Waals surface area contributed by atoms with Gasteiger partial charge in [-0.1, -0.05) is 17.7 Å². The number of nitrogens with zero attached hydrogens (tertiary/aromatic N) is 1. The predicted octanol–water partition coefficient (Wildman–Crippen LogP) is 3.01. The van der Waals surface area contributed by atoms with E-state index in [0.717, 1.165) is 12.2 Å². The first-order chi connectivity index (χ1) is 9.98. The molecule has 1 unspecified atom stereocenters. The molecule has 1 atom stereocenters. The number of methoxy groups -OCH3 is 1. The van der Waals surface area contributed by atoms with Gasteiger partial charge in [0.25, 0.3) is 0 Å². The number of rotatable bonds is 6. The lowest BCUT2D eigenvalue weighted by atomic mass is 9.87. The second-order valence-electron chi connectivity index (χ2n) is 6.71. The number of hydrogen-bond donors (Lipinski definition) is 1. The molecule has 118 valence electrons. The molecule has 1 N–H and O–H groups in total. The summed E-state index contributed by atoms with van der Waals surface area (Å²) in [7, 11) is 3.83. The van der Waals surface area contributed by atoms with Crippen LogP contribution in [0.25, 0.3) is 0 Å². The largest absolute Gasteiger partial charge is 0.496 e. The van der Waals surface area contributed by atoms with Crippen molar-refractivity contribution < 1.29 is 4.74 Å². The summed E-state index contributed by atoms with van der Waals surface area (Å²) in [6.45, 7) is 9.30. The van der Waals surface area contributed by atoms with Crippen LogP contribution in [0.3, 0.4) is 0 Å². The normalized spacial score (nSPS) is 18.0. The monoisotopic (exact) mass is 290 g/mol. The zero-order valence-electron chi connectivity index (χ0n) is 14.2. The molecule has 1 heterocycles. The van der Waals surface area contributed by atoms with E-state index < -0.39 is 0 Å². The second kappa shape index (κ2) is 6.80. The van der Waals surface area contributed by atoms with E-state index in [0.29, 0.717) is 6.04 Å². The Bertz CT molecular complexity index is 464. The van der Waals surface area contributed by atoms with E-state index in [-0.39, 0.29) is 5.54 Å². The van der Waals surface area contributed by atoms with Crippen molar-refractivity contribution in [2.75, 3.05) is 27.2 Å². The van der Waals surface area contributed by atoms with Gasteiger partial charge in [-0.3, -0.25) is 4.90 Å². The molecule has 0 saturated carbocycles. The van der Waals surface area contributed by atoms with Crippen LogP contribution in [0.2, 0.25) is 0 Å². The first kappa shape index (κ1) is 16.3. The smallest absolute Gasteiger partial charge is 0.122 e. The third-order valence-electron chi connectivity index (χ3n) is 4.98. The van der Waals surface area contributed by atoms with Crippen LogP contribution in [0, 0.1) is 6.92 Å². The zero-order valence-corrected chi connectivity index (χ0v) is 14.2. The van der Waals surface area contributed by atoms with Crippen molar-refractivity contribution in [3.8, 4) is 5.75 Å². The van der Waals surface area contributed by atoms with Crippen molar-refractivity contribution in [2.45, 2.75) is 51.6 Å². The molecule has 0 bridgehead atoms. The molecule has 21 heavy (non-hydrogen) atoms. The average Bonchev–Trinajstić information content (AvgIpc) is 2.99. The van der Waals surface area contributed by atoms with E-state index in [9.17, 15) is 0 Å². The van der Waals surface area contributed by atoms with E-state index in [4.69, 9.17) is 4.74 Å². The fraction of sp³-hybridized carbons (Fsp3) is 0.667. The van der Waals surface area contributed by atoms with Gasteiger partial charge in [0.15, 0.2) is 0 Å². The molecular weight excluding hydrogens is 260 g/mol. The fourth-order valence-corrected chi connectivity index (χ4v) is 3.51. The molecular formula is C18H30N2O. The predicted molar refractivity (Wildman–Crippen MR) is 89.2 cm³/mol. The van der Waals surface area contributed by atoms with Crippen LogP contribution in [0.5, 0.6) is 5.75 Å². The van der Waals surface area contributed by atoms with Crippen LogP contribution >= 0.6 is 0 Å². The van der Waals surface area contributed by atoms with Crippen molar-refractivity contribution in [1.29, 1.82) is 0 Å². The molecule has 0 aliphatic carbocycles. The minimum Gasteiger partial charge on any atom is -0.496 e. The highest BCUT2D eigenvalue weighted by molar-refractivity contribution is 5.37. The maximum absolute atomic E-state index is 5.54. The molecule has 1 fully saturated rings. The van der Waals surface area contributed by atoms with Crippen LogP contribution in [-0.4, -0.2) is 43.7 Å². The highest BCUT2D eigenvalue weighted by atomic mass is 16.5. The van der Waals surface area contributed by atoms with Crippen molar-refractivity contribution in [3.63, 3.8) is 0 Å². The van der Waals surface area contributed by atoms with Crippen LogP contribution in [0.1, 0.15) is 37.8 Å². The van der Waals surface area contributed by atoms with E-state index in [1.165, 1.54) is 37.1 Å². The van der Waals surface area contributed by atoms with E-state index >= 15 is 0 Å². The van der Waals surface area contributed by atoms with Gasteiger partial charge in [-0.2, -0.15) is 0 Å². The lowest BCUT2D eigenvalue weighted by Crippen LogP contribution is -2.57. The van der Waals surface area contributed by atoms with Crippen LogP contribution in [0.4, 0.5) is 0 Å². The zero-order chi connectivity index (χ0) is 15.5. The van der Waals surface area contributed by atoms with Gasteiger partial charge in [0.1, 0.15) is 5.75 Å². The van der Waals surface area contributed by atoms with E-state index in [1.807, 2.05) is 0 Å². The minimum atomic E-state index is 0.153. The quantitative estimate of drug-likeness (QED) is 0.871. The summed E-state index contributed by atoms with van der Waals surface area (Å²) in [5, 5.41) is 3.54. The van der Waals surface area contributed by atoms with Crippen molar-refractivity contribution in [1.82, 2.24) is 10.2 Å². The molecule has 1 aromatic rings. The molecule has 1 aromatic carbocycles. The summed E-state index contributed by atoms with van der Waals surface area (Å²) in [5.41, 5.74) is 2.74. The van der Waals surface area contributed by atoms with Crippen LogP contribution in [0.15, 0.2) is 18.2 Å². The number of ether oxygens (including phenoxy) is 1. The third kappa shape index (κ3) is 3.58. The molecule has 2 rings (SSSR count). The highest BCUT2D eigenvalue weighted by Gasteiger charge is 2.36. The lowest BCUT2D eigenvalue weighted by molar-refractivity contribution is 0.110. The molecule has 1 saturated heterocycles. The number of likely N-dealkylation sites (tertiary alicyclic amines) is 1. The van der Waals surface area contributed by atoms with Gasteiger partial charge in [-0.25, -0.2) is 0 Å². The van der Waals surface area contributed by atoms with E-state index in [2.05, 4.69) is 56.2 Å². The summed E-state index contributed by atoms with van der Waals surface area (Å²) >= 11 is 0. The van der Waals surface area contributed by atoms with Gasteiger partial charge < -0.3 is 10.1 Å². The van der Waals surface area contributed by atoms with Gasteiger partial charge in [0, 0.05) is 11.6 Å². The summed E-state index contributed by atoms with van der Waals surface area (Å²) in [5.74, 6) is 0.998. The molecule has 0 spiro atoms. The maximum atomic E-state index is 5.54. The summed E-state index contributed by atoms with van der Waals surface area (Å²) in [6.07, 6.45) is 3.64. The summed E-state index contributed by atoms with van der Waals surface area (Å²) < 4.78 is 5.54. The summed E-state index contributed by atoms with van der Waals surface area (Å²) in [6, 6.07) is 6.86. The number of benzene rings is 1. The first-order valence-corrected chi connectivity index (χ1v) is 8.05. The Morgan fingerprint density at radius 3 is 2.52 bits per heavy atom. The molecule has 0 amide bonds. The number of aryl methyl sites for hydroxylation is 1. The first-order valence-electron chi connectivity index (χ1n) is 8.05. The highest BCUT2D eigenvalue weighted by Crippen LogP contribution is 2.29. The average molecular weight is 290 g/mol. The Morgan fingerprint density at radius 1 is 1.29 bits per heavy atom. The van der Waals surface area contributed by atoms with Gasteiger partial charge in [-0.05, 0) is 71.8 Å². The molecule has 3 nitrogen and oxygen atoms in total. The molecule has 1 aliphatic rings. The number of nitrogens with one attached hydrogen (secondary N) is 1. The third-order valence-corrected chi connectivity index (χ3v) is 4.98. The SMILES string of the molecule is CNC(Cc1cc(C)ccc1OC)C(C)(C)N1CCCC1. The Balaban J connectivity index is 2.20. The van der Waals surface area contributed by atoms with Crippen molar-refractivity contribution in [3.05, 3.63) is 29.3 Å². The molecule has 0 aromatic heterocycles. The van der Waals surface area contributed by atoms with Gasteiger partial charge in [-0.15, -0.1) is 0 Å². The topological polar surface area (TPSA) is 24.5 Å². The Hall–Kier alpha value is -1.06. The lowest BCUT2D eigenvalue weighted by Gasteiger charge is -2.42. The van der Waals surface area contributed by atoms with Crippen LogP contribution < -0.4 is 10.1 Å². The van der Waals surface area contributed by atoms with Crippen LogP contribution in [-0.2, 0) is 6.42 Å². The van der Waals surface area contributed by atoms with Gasteiger partial charge in [0.2, 0.25) is 0 Å². The van der Waals surface area contributed by atoms with Gasteiger partial charge >= 0.3 is 0 Å². The van der Waals surface area contributed by atoms with Gasteiger partial charge in [0.05, 0.1) is 7.11 Å². The maximum Gasteiger partial charge on any atom is 0.122 e. The Labute approximate surface area is 129 Å². The molecule has 0 radical (unpaired) electrons. The minimum absolute atomic E-state index is 0.153. The standard InChI is InChI=1S/C18H30N2O/c1-14-8-9-16(21-5)15(12-14)13-17(19-4)18(2,3)20-10-6-7-11-20/h8-9,12,17,19H,6-7,10-11,13H2,1-5H3. The summed E-state index contributed by atoms with van der Waals surface area (Å²) in [4.78, 5) is 2.62. The van der Waals surface area contributed by atoms with Crippen molar-refractivity contribution in [2.24, 2.45) is 0 Å². The number of hydrogen-bond acceptors (Lipinski definition) is 3. The second-order valence-corrected chi connectivity index (χ2v) is 6.71. The number of likely N-dealkylation sites (N-methyl/N-ethyl adjacent to an activating group) is 1. The molecule has 1 aliphatic heterocycles.